The predicted molar refractivity (Wildman–Crippen MR) is 115 cm³/mol. The summed E-state index contributed by atoms with van der Waals surface area (Å²) in [4.78, 5) is 5.04. The number of rotatable bonds is 4. The van der Waals surface area contributed by atoms with Crippen LogP contribution in [0, 0.1) is 0 Å². The van der Waals surface area contributed by atoms with E-state index in [9.17, 15) is 0 Å². The Morgan fingerprint density at radius 1 is 0.607 bits per heavy atom. The number of benzene rings is 3. The fourth-order valence-electron chi connectivity index (χ4n) is 3.67. The lowest BCUT2D eigenvalue weighted by atomic mass is 10.1. The number of hydrogen-bond acceptors (Lipinski definition) is 1. The van der Waals surface area contributed by atoms with Crippen LogP contribution in [0.25, 0.3) is 28.0 Å². The first-order chi connectivity index (χ1) is 13.9. The van der Waals surface area contributed by atoms with Crippen LogP contribution in [0.4, 0.5) is 0 Å². The molecule has 0 unspecified atom stereocenters. The average Bonchev–Trinajstić information content (AvgIpc) is 3.18. The summed E-state index contributed by atoms with van der Waals surface area (Å²) in [5.41, 5.74) is 7.96. The molecular weight excluding hydrogens is 340 g/mol. The van der Waals surface area contributed by atoms with Crippen molar-refractivity contribution in [3.05, 3.63) is 121 Å². The van der Waals surface area contributed by atoms with Gasteiger partial charge in [-0.05, 0) is 17.7 Å². The fourth-order valence-corrected chi connectivity index (χ4v) is 3.67. The SMILES string of the molecule is c1ccc(Cc2ccc3c(-c4ccccc4)nc(-c4ccccc4)cn23)cc1. The van der Waals surface area contributed by atoms with Crippen molar-refractivity contribution < 1.29 is 0 Å². The maximum atomic E-state index is 5.04. The maximum Gasteiger partial charge on any atom is 0.0950 e. The highest BCUT2D eigenvalue weighted by Gasteiger charge is 2.13. The summed E-state index contributed by atoms with van der Waals surface area (Å²) in [6.07, 6.45) is 3.05. The standard InChI is InChI=1S/C26H20N2/c1-4-10-20(11-5-1)18-23-16-17-25-26(22-14-8-3-9-15-22)27-24(19-28(23)25)21-12-6-2-7-13-21/h1-17,19H,18H2. The summed E-state index contributed by atoms with van der Waals surface area (Å²) in [7, 11) is 0. The van der Waals surface area contributed by atoms with Crippen LogP contribution in [0.15, 0.2) is 109 Å². The third-order valence-corrected chi connectivity index (χ3v) is 5.07. The molecule has 0 aliphatic heterocycles. The van der Waals surface area contributed by atoms with Gasteiger partial charge in [0.15, 0.2) is 0 Å². The van der Waals surface area contributed by atoms with Crippen molar-refractivity contribution in [1.82, 2.24) is 9.38 Å². The van der Waals surface area contributed by atoms with Gasteiger partial charge in [0.05, 0.1) is 16.9 Å². The van der Waals surface area contributed by atoms with Gasteiger partial charge in [0, 0.05) is 29.4 Å². The van der Waals surface area contributed by atoms with E-state index in [1.54, 1.807) is 0 Å². The van der Waals surface area contributed by atoms with E-state index in [0.29, 0.717) is 0 Å². The van der Waals surface area contributed by atoms with E-state index in [1.165, 1.54) is 11.3 Å². The Kier molecular flexibility index (Phi) is 4.23. The summed E-state index contributed by atoms with van der Waals surface area (Å²) in [6.45, 7) is 0. The summed E-state index contributed by atoms with van der Waals surface area (Å²) < 4.78 is 2.30. The van der Waals surface area contributed by atoms with E-state index < -0.39 is 0 Å². The molecule has 0 radical (unpaired) electrons. The van der Waals surface area contributed by atoms with Crippen molar-refractivity contribution in [3.8, 4) is 22.5 Å². The van der Waals surface area contributed by atoms with Gasteiger partial charge < -0.3 is 4.40 Å². The lowest BCUT2D eigenvalue weighted by molar-refractivity contribution is 1.01. The van der Waals surface area contributed by atoms with E-state index in [2.05, 4.69) is 102 Å². The van der Waals surface area contributed by atoms with Crippen molar-refractivity contribution in [1.29, 1.82) is 0 Å². The first-order valence-electron chi connectivity index (χ1n) is 9.54. The molecule has 5 aromatic rings. The van der Waals surface area contributed by atoms with Crippen LogP contribution in [0.5, 0.6) is 0 Å². The van der Waals surface area contributed by atoms with Gasteiger partial charge in [-0.2, -0.15) is 0 Å². The van der Waals surface area contributed by atoms with Gasteiger partial charge in [0.2, 0.25) is 0 Å². The Balaban J connectivity index is 1.72. The highest BCUT2D eigenvalue weighted by Crippen LogP contribution is 2.29. The summed E-state index contributed by atoms with van der Waals surface area (Å²) in [6, 6.07) is 35.8. The lowest BCUT2D eigenvalue weighted by Crippen LogP contribution is -1.99. The van der Waals surface area contributed by atoms with Crippen molar-refractivity contribution in [2.45, 2.75) is 6.42 Å². The molecule has 2 aromatic heterocycles. The van der Waals surface area contributed by atoms with E-state index in [1.807, 2.05) is 12.1 Å². The molecule has 0 amide bonds. The smallest absolute Gasteiger partial charge is 0.0950 e. The number of nitrogens with zero attached hydrogens (tertiary/aromatic N) is 2. The van der Waals surface area contributed by atoms with Crippen LogP contribution < -0.4 is 0 Å². The third-order valence-electron chi connectivity index (χ3n) is 5.07. The maximum absolute atomic E-state index is 5.04. The zero-order valence-corrected chi connectivity index (χ0v) is 15.5. The second-order valence-corrected chi connectivity index (χ2v) is 6.95. The molecule has 2 nitrogen and oxygen atoms in total. The highest BCUT2D eigenvalue weighted by molar-refractivity contribution is 5.80. The molecule has 0 fully saturated rings. The van der Waals surface area contributed by atoms with Crippen LogP contribution in [0.2, 0.25) is 0 Å². The van der Waals surface area contributed by atoms with Gasteiger partial charge in [-0.1, -0.05) is 91.0 Å². The minimum atomic E-state index is 0.890. The van der Waals surface area contributed by atoms with Gasteiger partial charge in [0.25, 0.3) is 0 Å². The molecular formula is C26H20N2. The van der Waals surface area contributed by atoms with Crippen LogP contribution in [-0.2, 0) is 6.42 Å². The molecule has 0 aliphatic rings. The molecule has 28 heavy (non-hydrogen) atoms. The molecule has 0 saturated carbocycles. The van der Waals surface area contributed by atoms with E-state index in [4.69, 9.17) is 4.98 Å². The van der Waals surface area contributed by atoms with Gasteiger partial charge in [-0.25, -0.2) is 4.98 Å². The highest BCUT2D eigenvalue weighted by atomic mass is 14.9. The van der Waals surface area contributed by atoms with E-state index >= 15 is 0 Å². The Morgan fingerprint density at radius 2 is 1.21 bits per heavy atom. The largest absolute Gasteiger partial charge is 0.316 e. The van der Waals surface area contributed by atoms with Gasteiger partial charge in [0.1, 0.15) is 0 Å². The second kappa shape index (κ2) is 7.16. The van der Waals surface area contributed by atoms with Crippen molar-refractivity contribution >= 4 is 5.52 Å². The first-order valence-corrected chi connectivity index (χ1v) is 9.54. The number of aromatic nitrogens is 2. The number of fused-ring (bicyclic) bond motifs is 1. The molecule has 3 aromatic carbocycles. The minimum absolute atomic E-state index is 0.890. The molecule has 0 saturated heterocycles. The summed E-state index contributed by atoms with van der Waals surface area (Å²) >= 11 is 0. The van der Waals surface area contributed by atoms with Crippen LogP contribution >= 0.6 is 0 Å². The quantitative estimate of drug-likeness (QED) is 0.370. The van der Waals surface area contributed by atoms with Crippen LogP contribution in [-0.4, -0.2) is 9.38 Å². The molecule has 5 rings (SSSR count). The van der Waals surface area contributed by atoms with Crippen LogP contribution in [0.3, 0.4) is 0 Å². The van der Waals surface area contributed by atoms with Crippen molar-refractivity contribution in [2.75, 3.05) is 0 Å². The molecule has 0 spiro atoms. The Bertz CT molecular complexity index is 1210. The molecule has 134 valence electrons. The summed E-state index contributed by atoms with van der Waals surface area (Å²) in [5, 5.41) is 0. The molecule has 0 aliphatic carbocycles. The Hall–Kier alpha value is -3.65. The van der Waals surface area contributed by atoms with Gasteiger partial charge >= 0.3 is 0 Å². The third kappa shape index (κ3) is 3.10. The van der Waals surface area contributed by atoms with Crippen molar-refractivity contribution in [2.24, 2.45) is 0 Å². The first kappa shape index (κ1) is 16.5. The minimum Gasteiger partial charge on any atom is -0.316 e. The van der Waals surface area contributed by atoms with Crippen LogP contribution in [0.1, 0.15) is 11.3 Å². The molecule has 2 heteroatoms. The van der Waals surface area contributed by atoms with E-state index in [0.717, 1.165) is 34.5 Å². The lowest BCUT2D eigenvalue weighted by Gasteiger charge is -2.11. The average molecular weight is 360 g/mol. The normalized spacial score (nSPS) is 11.0. The molecule has 2 heterocycles. The van der Waals surface area contributed by atoms with Gasteiger partial charge in [-0.15, -0.1) is 0 Å². The predicted octanol–water partition coefficient (Wildman–Crippen LogP) is 6.26. The number of hydrogen-bond donors (Lipinski definition) is 0. The second-order valence-electron chi connectivity index (χ2n) is 6.95. The Labute approximate surface area is 164 Å². The monoisotopic (exact) mass is 360 g/mol. The topological polar surface area (TPSA) is 17.3 Å². The van der Waals surface area contributed by atoms with E-state index in [-0.39, 0.29) is 0 Å². The zero-order chi connectivity index (χ0) is 18.8. The zero-order valence-electron chi connectivity index (χ0n) is 15.5. The van der Waals surface area contributed by atoms with Crippen molar-refractivity contribution in [3.63, 3.8) is 0 Å². The molecule has 0 atom stereocenters. The fraction of sp³-hybridized carbons (Fsp3) is 0.0385. The molecule has 0 N–H and O–H groups in total. The Morgan fingerprint density at radius 3 is 1.89 bits per heavy atom. The summed E-state index contributed by atoms with van der Waals surface area (Å²) in [5.74, 6) is 0. The van der Waals surface area contributed by atoms with Gasteiger partial charge in [-0.3, -0.25) is 0 Å². The molecule has 0 bridgehead atoms.